The summed E-state index contributed by atoms with van der Waals surface area (Å²) in [7, 11) is 1.53. The molecule has 2 rings (SSSR count). The topological polar surface area (TPSA) is 34.1 Å². The minimum atomic E-state index is -0.492. The number of halogens is 2. The molecule has 74 valence electrons. The number of alkyl halides is 1. The lowest BCUT2D eigenvalue weighted by Gasteiger charge is -2.18. The van der Waals surface area contributed by atoms with Crippen LogP contribution in [-0.2, 0) is 0 Å². The van der Waals surface area contributed by atoms with E-state index in [1.807, 2.05) is 0 Å². The Morgan fingerprint density at radius 1 is 1.57 bits per heavy atom. The van der Waals surface area contributed by atoms with Crippen LogP contribution in [0.2, 0.25) is 0 Å². The number of ether oxygens (including phenoxy) is 1. The molecule has 2 heterocycles. The number of pyridine rings is 1. The van der Waals surface area contributed by atoms with E-state index in [-0.39, 0.29) is 5.83 Å². The molecule has 14 heavy (non-hydrogen) atoms. The number of allylic oxidation sites excluding steroid dienone is 1. The maximum atomic E-state index is 13.2. The van der Waals surface area contributed by atoms with Gasteiger partial charge in [0.25, 0.3) is 0 Å². The van der Waals surface area contributed by atoms with E-state index in [4.69, 9.17) is 4.74 Å². The first-order valence-corrected chi connectivity index (χ1v) is 4.95. The van der Waals surface area contributed by atoms with Crippen LogP contribution in [0.5, 0.6) is 5.88 Å². The van der Waals surface area contributed by atoms with Crippen molar-refractivity contribution in [2.45, 2.75) is 4.83 Å². The molecule has 0 saturated heterocycles. The van der Waals surface area contributed by atoms with Crippen LogP contribution in [-0.4, -0.2) is 12.1 Å². The summed E-state index contributed by atoms with van der Waals surface area (Å²) in [5.74, 6) is 0.183. The molecule has 0 aromatic carbocycles. The van der Waals surface area contributed by atoms with Crippen molar-refractivity contribution in [1.82, 2.24) is 4.98 Å². The SMILES string of the molecule is COc1ccc2c(n1)C(Br)C(F)=CN2. The van der Waals surface area contributed by atoms with Gasteiger partial charge in [0, 0.05) is 12.3 Å². The number of nitrogens with one attached hydrogen (secondary N) is 1. The zero-order valence-corrected chi connectivity index (χ0v) is 9.01. The molecule has 1 N–H and O–H groups in total. The lowest BCUT2D eigenvalue weighted by Crippen LogP contribution is -2.08. The van der Waals surface area contributed by atoms with E-state index in [9.17, 15) is 4.39 Å². The summed E-state index contributed by atoms with van der Waals surface area (Å²) in [6.45, 7) is 0. The molecule has 0 saturated carbocycles. The predicted molar refractivity (Wildman–Crippen MR) is 55.3 cm³/mol. The van der Waals surface area contributed by atoms with Gasteiger partial charge < -0.3 is 10.1 Å². The zero-order chi connectivity index (χ0) is 10.1. The van der Waals surface area contributed by atoms with E-state index in [1.54, 1.807) is 12.1 Å². The Morgan fingerprint density at radius 3 is 3.07 bits per heavy atom. The average molecular weight is 259 g/mol. The van der Waals surface area contributed by atoms with Crippen LogP contribution in [0.25, 0.3) is 0 Å². The standard InChI is InChI=1S/C9H8BrFN2O/c1-14-7-3-2-6-9(13-7)8(10)5(11)4-12-6/h2-4,8,12H,1H3. The van der Waals surface area contributed by atoms with Gasteiger partial charge in [-0.2, -0.15) is 0 Å². The van der Waals surface area contributed by atoms with Crippen molar-refractivity contribution in [2.24, 2.45) is 0 Å². The lowest BCUT2D eigenvalue weighted by atomic mass is 10.2. The minimum Gasteiger partial charge on any atom is -0.481 e. The second-order valence-corrected chi connectivity index (χ2v) is 3.74. The number of anilines is 1. The molecule has 0 aliphatic carbocycles. The van der Waals surface area contributed by atoms with Crippen LogP contribution >= 0.6 is 15.9 Å². The zero-order valence-electron chi connectivity index (χ0n) is 7.42. The van der Waals surface area contributed by atoms with Gasteiger partial charge in [0.1, 0.15) is 10.7 Å². The van der Waals surface area contributed by atoms with Crippen molar-refractivity contribution in [1.29, 1.82) is 0 Å². The van der Waals surface area contributed by atoms with Gasteiger partial charge in [0.05, 0.1) is 18.5 Å². The maximum absolute atomic E-state index is 13.2. The molecule has 0 fully saturated rings. The van der Waals surface area contributed by atoms with Crippen LogP contribution < -0.4 is 10.1 Å². The first kappa shape index (κ1) is 9.45. The molecule has 3 nitrogen and oxygen atoms in total. The number of methoxy groups -OCH3 is 1. The largest absolute Gasteiger partial charge is 0.481 e. The molecule has 0 radical (unpaired) electrons. The molecule has 1 aromatic rings. The van der Waals surface area contributed by atoms with Crippen LogP contribution in [0, 0.1) is 0 Å². The molecule has 1 unspecified atom stereocenters. The number of hydrogen-bond donors (Lipinski definition) is 1. The molecule has 1 aliphatic rings. The molecule has 1 atom stereocenters. The average Bonchev–Trinajstić information content (AvgIpc) is 2.23. The van der Waals surface area contributed by atoms with Gasteiger partial charge >= 0.3 is 0 Å². The van der Waals surface area contributed by atoms with Crippen LogP contribution in [0.15, 0.2) is 24.2 Å². The van der Waals surface area contributed by atoms with Crippen molar-refractivity contribution in [2.75, 3.05) is 12.4 Å². The lowest BCUT2D eigenvalue weighted by molar-refractivity contribution is 0.396. The predicted octanol–water partition coefficient (Wildman–Crippen LogP) is 2.76. The fourth-order valence-electron chi connectivity index (χ4n) is 1.24. The van der Waals surface area contributed by atoms with Crippen LogP contribution in [0.3, 0.4) is 0 Å². The van der Waals surface area contributed by atoms with E-state index < -0.39 is 4.83 Å². The maximum Gasteiger partial charge on any atom is 0.213 e. The second kappa shape index (κ2) is 3.57. The molecule has 0 bridgehead atoms. The molecule has 1 aliphatic heterocycles. The van der Waals surface area contributed by atoms with E-state index in [0.29, 0.717) is 11.6 Å². The van der Waals surface area contributed by atoms with Crippen LogP contribution in [0.1, 0.15) is 10.5 Å². The number of nitrogens with zero attached hydrogens (tertiary/aromatic N) is 1. The molecule has 0 amide bonds. The summed E-state index contributed by atoms with van der Waals surface area (Å²) in [4.78, 5) is 3.66. The fraction of sp³-hybridized carbons (Fsp3) is 0.222. The number of fused-ring (bicyclic) bond motifs is 1. The van der Waals surface area contributed by atoms with Crippen molar-refractivity contribution in [3.63, 3.8) is 0 Å². The second-order valence-electron chi connectivity index (χ2n) is 2.82. The Kier molecular flexibility index (Phi) is 2.41. The molecular weight excluding hydrogens is 251 g/mol. The van der Waals surface area contributed by atoms with Gasteiger partial charge in [-0.1, -0.05) is 15.9 Å². The summed E-state index contributed by atoms with van der Waals surface area (Å²) in [5, 5.41) is 2.81. The van der Waals surface area contributed by atoms with Crippen molar-refractivity contribution in [3.8, 4) is 5.88 Å². The number of hydrogen-bond acceptors (Lipinski definition) is 3. The summed E-state index contributed by atoms with van der Waals surface area (Å²) in [6.07, 6.45) is 1.32. The highest BCUT2D eigenvalue weighted by atomic mass is 79.9. The van der Waals surface area contributed by atoms with Gasteiger partial charge in [-0.05, 0) is 6.07 Å². The molecule has 5 heteroatoms. The highest BCUT2D eigenvalue weighted by Gasteiger charge is 2.23. The summed E-state index contributed by atoms with van der Waals surface area (Å²) < 4.78 is 18.1. The van der Waals surface area contributed by atoms with Crippen molar-refractivity contribution < 1.29 is 9.13 Å². The minimum absolute atomic E-state index is 0.293. The van der Waals surface area contributed by atoms with Gasteiger partial charge in [0.15, 0.2) is 0 Å². The Bertz CT molecular complexity index is 394. The molecular formula is C9H8BrFN2O. The summed E-state index contributed by atoms with van der Waals surface area (Å²) in [6, 6.07) is 3.53. The van der Waals surface area contributed by atoms with E-state index in [1.165, 1.54) is 13.3 Å². The van der Waals surface area contributed by atoms with E-state index in [0.717, 1.165) is 5.69 Å². The Balaban J connectivity index is 2.46. The highest BCUT2D eigenvalue weighted by Crippen LogP contribution is 2.38. The smallest absolute Gasteiger partial charge is 0.213 e. The Labute approximate surface area is 89.1 Å². The third-order valence-electron chi connectivity index (χ3n) is 1.96. The van der Waals surface area contributed by atoms with Crippen molar-refractivity contribution >= 4 is 21.6 Å². The highest BCUT2D eigenvalue weighted by molar-refractivity contribution is 9.09. The van der Waals surface area contributed by atoms with Gasteiger partial charge in [-0.25, -0.2) is 9.37 Å². The quantitative estimate of drug-likeness (QED) is 0.787. The number of rotatable bonds is 1. The Morgan fingerprint density at radius 2 is 2.36 bits per heavy atom. The van der Waals surface area contributed by atoms with E-state index in [2.05, 4.69) is 26.2 Å². The summed E-state index contributed by atoms with van der Waals surface area (Å²) in [5.41, 5.74) is 1.39. The van der Waals surface area contributed by atoms with Gasteiger partial charge in [-0.3, -0.25) is 0 Å². The van der Waals surface area contributed by atoms with Gasteiger partial charge in [-0.15, -0.1) is 0 Å². The van der Waals surface area contributed by atoms with Crippen LogP contribution in [0.4, 0.5) is 10.1 Å². The van der Waals surface area contributed by atoms with E-state index >= 15 is 0 Å². The first-order chi connectivity index (χ1) is 6.72. The first-order valence-electron chi connectivity index (χ1n) is 4.03. The molecule has 0 spiro atoms. The van der Waals surface area contributed by atoms with Gasteiger partial charge in [0.2, 0.25) is 5.88 Å². The summed E-state index contributed by atoms with van der Waals surface area (Å²) >= 11 is 3.21. The third-order valence-corrected chi connectivity index (χ3v) is 2.83. The fourth-order valence-corrected chi connectivity index (χ4v) is 1.72. The molecule has 1 aromatic heterocycles. The number of aromatic nitrogens is 1. The Hall–Kier alpha value is -1.10. The normalized spacial score (nSPS) is 19.4. The monoisotopic (exact) mass is 258 g/mol. The van der Waals surface area contributed by atoms with Crippen molar-refractivity contribution in [3.05, 3.63) is 29.9 Å². The third kappa shape index (κ3) is 1.48.